The molecular weight excluding hydrogens is 384 g/mol. The summed E-state index contributed by atoms with van der Waals surface area (Å²) in [5.41, 5.74) is 0.533. The number of hydroxylamine groups is 1. The number of H-pyrrole nitrogens is 1. The standard InChI is InChI=1S/C19H17F2N5O3/c1-19(2,18(20)21)15(17(28)25-29)23-16(27)13-9-7-12(8-10-13)5-3-4-6-14-11-22-26-24-14/h7-11,15,18,29H,1-2H3,(H,23,27)(H,25,28)(H,22,24,26)/t15-/m1/s1. The summed E-state index contributed by atoms with van der Waals surface area (Å²) in [7, 11) is 0. The number of rotatable bonds is 5. The Morgan fingerprint density at radius 1 is 1.17 bits per heavy atom. The van der Waals surface area contributed by atoms with Gasteiger partial charge in [0.25, 0.3) is 11.8 Å². The highest BCUT2D eigenvalue weighted by molar-refractivity contribution is 5.97. The minimum Gasteiger partial charge on any atom is -0.339 e. The number of nitrogens with zero attached hydrogens (tertiary/aromatic N) is 2. The Morgan fingerprint density at radius 2 is 1.83 bits per heavy atom. The van der Waals surface area contributed by atoms with Gasteiger partial charge in [0.1, 0.15) is 6.04 Å². The zero-order valence-corrected chi connectivity index (χ0v) is 15.5. The predicted molar refractivity (Wildman–Crippen MR) is 97.5 cm³/mol. The molecular formula is C19H17F2N5O3. The smallest absolute Gasteiger partial charge is 0.266 e. The first-order chi connectivity index (χ1) is 13.8. The van der Waals surface area contributed by atoms with Gasteiger partial charge in [-0.25, -0.2) is 14.3 Å². The summed E-state index contributed by atoms with van der Waals surface area (Å²) in [5.74, 6) is 8.76. The zero-order valence-electron chi connectivity index (χ0n) is 15.5. The fraction of sp³-hybridized carbons (Fsp3) is 0.263. The van der Waals surface area contributed by atoms with Gasteiger partial charge in [-0.05, 0) is 42.0 Å². The van der Waals surface area contributed by atoms with Crippen molar-refractivity contribution in [2.75, 3.05) is 0 Å². The predicted octanol–water partition coefficient (Wildman–Crippen LogP) is 1.10. The normalized spacial score (nSPS) is 11.5. The number of benzene rings is 1. The Morgan fingerprint density at radius 3 is 2.38 bits per heavy atom. The number of nitrogens with one attached hydrogen (secondary N) is 3. The molecule has 2 rings (SSSR count). The van der Waals surface area contributed by atoms with Gasteiger partial charge >= 0.3 is 0 Å². The number of carbonyl (C=O) groups excluding carboxylic acids is 2. The Labute approximate surface area is 165 Å². The summed E-state index contributed by atoms with van der Waals surface area (Å²) in [5, 5.41) is 20.7. The molecule has 0 fully saturated rings. The quantitative estimate of drug-likeness (QED) is 0.340. The SMILES string of the molecule is CC(C)(C(F)F)[C@H](NC(=O)c1ccc(C#CC#Cc2c[nH]nn2)cc1)C(=O)NO. The molecule has 0 unspecified atom stereocenters. The largest absolute Gasteiger partial charge is 0.339 e. The second-order valence-corrected chi connectivity index (χ2v) is 6.44. The second-order valence-electron chi connectivity index (χ2n) is 6.44. The van der Waals surface area contributed by atoms with Crippen LogP contribution in [-0.4, -0.2) is 44.9 Å². The van der Waals surface area contributed by atoms with Crippen LogP contribution in [0.4, 0.5) is 8.78 Å². The molecule has 0 aliphatic heterocycles. The van der Waals surface area contributed by atoms with Crippen LogP contribution in [0.15, 0.2) is 30.5 Å². The molecule has 1 aromatic carbocycles. The molecule has 0 bridgehead atoms. The molecule has 0 aliphatic rings. The minimum atomic E-state index is -2.92. The van der Waals surface area contributed by atoms with E-state index in [1.807, 2.05) is 0 Å². The van der Waals surface area contributed by atoms with Crippen molar-refractivity contribution in [2.24, 2.45) is 5.41 Å². The van der Waals surface area contributed by atoms with Gasteiger partial charge in [-0.2, -0.15) is 0 Å². The molecule has 29 heavy (non-hydrogen) atoms. The van der Waals surface area contributed by atoms with E-state index < -0.39 is 29.7 Å². The molecule has 150 valence electrons. The highest BCUT2D eigenvalue weighted by Gasteiger charge is 2.43. The highest BCUT2D eigenvalue weighted by atomic mass is 19.3. The molecule has 0 saturated heterocycles. The first-order valence-corrected chi connectivity index (χ1v) is 8.27. The monoisotopic (exact) mass is 401 g/mol. The highest BCUT2D eigenvalue weighted by Crippen LogP contribution is 2.29. The van der Waals surface area contributed by atoms with E-state index in [0.717, 1.165) is 13.8 Å². The van der Waals surface area contributed by atoms with Gasteiger partial charge in [0.15, 0.2) is 5.69 Å². The third kappa shape index (κ3) is 5.61. The van der Waals surface area contributed by atoms with Crippen molar-refractivity contribution < 1.29 is 23.6 Å². The van der Waals surface area contributed by atoms with Crippen molar-refractivity contribution in [2.45, 2.75) is 26.3 Å². The van der Waals surface area contributed by atoms with Gasteiger partial charge in [-0.1, -0.05) is 25.0 Å². The first-order valence-electron chi connectivity index (χ1n) is 8.27. The Kier molecular flexibility index (Phi) is 7.01. The van der Waals surface area contributed by atoms with Crippen molar-refractivity contribution >= 4 is 11.8 Å². The van der Waals surface area contributed by atoms with E-state index in [2.05, 4.69) is 44.4 Å². The number of aromatic nitrogens is 3. The van der Waals surface area contributed by atoms with Crippen LogP contribution in [0.1, 0.15) is 35.5 Å². The Hall–Kier alpha value is -3.76. The van der Waals surface area contributed by atoms with Gasteiger partial charge in [0.05, 0.1) is 11.6 Å². The molecule has 0 radical (unpaired) electrons. The van der Waals surface area contributed by atoms with E-state index in [1.54, 1.807) is 12.1 Å². The van der Waals surface area contributed by atoms with Crippen LogP contribution in [-0.2, 0) is 4.79 Å². The van der Waals surface area contributed by atoms with E-state index in [0.29, 0.717) is 11.3 Å². The molecule has 10 heteroatoms. The molecule has 2 amide bonds. The van der Waals surface area contributed by atoms with Crippen LogP contribution in [0, 0.1) is 29.1 Å². The fourth-order valence-electron chi connectivity index (χ4n) is 2.16. The van der Waals surface area contributed by atoms with Crippen LogP contribution in [0.2, 0.25) is 0 Å². The molecule has 1 atom stereocenters. The number of hydrogen-bond donors (Lipinski definition) is 4. The number of alkyl halides is 2. The molecule has 2 aromatic rings. The molecule has 0 saturated carbocycles. The third-order valence-electron chi connectivity index (χ3n) is 3.98. The lowest BCUT2D eigenvalue weighted by Crippen LogP contribution is -2.56. The van der Waals surface area contributed by atoms with Gasteiger partial charge < -0.3 is 5.32 Å². The third-order valence-corrected chi connectivity index (χ3v) is 3.98. The summed E-state index contributed by atoms with van der Waals surface area (Å²) in [4.78, 5) is 24.1. The summed E-state index contributed by atoms with van der Waals surface area (Å²) in [6.45, 7) is 2.22. The average Bonchev–Trinajstić information content (AvgIpc) is 3.22. The van der Waals surface area contributed by atoms with E-state index >= 15 is 0 Å². The van der Waals surface area contributed by atoms with Crippen LogP contribution in [0.5, 0.6) is 0 Å². The summed E-state index contributed by atoms with van der Waals surface area (Å²) in [6, 6.07) is 4.28. The number of carbonyl (C=O) groups is 2. The maximum atomic E-state index is 13.3. The zero-order chi connectivity index (χ0) is 21.4. The lowest BCUT2D eigenvalue weighted by Gasteiger charge is -2.32. The molecule has 8 nitrogen and oxygen atoms in total. The molecule has 4 N–H and O–H groups in total. The van der Waals surface area contributed by atoms with E-state index in [4.69, 9.17) is 5.21 Å². The number of amides is 2. The summed E-state index contributed by atoms with van der Waals surface area (Å²) in [6.07, 6.45) is -1.40. The lowest BCUT2D eigenvalue weighted by molar-refractivity contribution is -0.137. The second kappa shape index (κ2) is 9.44. The van der Waals surface area contributed by atoms with Gasteiger partial charge in [-0.15, -0.1) is 5.10 Å². The van der Waals surface area contributed by atoms with Crippen LogP contribution in [0.3, 0.4) is 0 Å². The van der Waals surface area contributed by atoms with E-state index in [1.165, 1.54) is 23.8 Å². The topological polar surface area (TPSA) is 120 Å². The fourth-order valence-corrected chi connectivity index (χ4v) is 2.16. The lowest BCUT2D eigenvalue weighted by atomic mass is 9.84. The number of aromatic amines is 1. The molecule has 1 aromatic heterocycles. The Bertz CT molecular complexity index is 981. The van der Waals surface area contributed by atoms with Crippen LogP contribution < -0.4 is 10.8 Å². The molecule has 1 heterocycles. The molecule has 0 aliphatic carbocycles. The van der Waals surface area contributed by atoms with Crippen molar-refractivity contribution in [1.29, 1.82) is 0 Å². The van der Waals surface area contributed by atoms with Crippen LogP contribution in [0.25, 0.3) is 0 Å². The van der Waals surface area contributed by atoms with Crippen molar-refractivity contribution in [3.05, 3.63) is 47.3 Å². The Balaban J connectivity index is 2.10. The van der Waals surface area contributed by atoms with E-state index in [-0.39, 0.29) is 5.56 Å². The maximum Gasteiger partial charge on any atom is 0.266 e. The van der Waals surface area contributed by atoms with Gasteiger partial charge in [-0.3, -0.25) is 19.9 Å². The minimum absolute atomic E-state index is 0.130. The van der Waals surface area contributed by atoms with Gasteiger partial charge in [0.2, 0.25) is 6.43 Å². The van der Waals surface area contributed by atoms with E-state index in [9.17, 15) is 18.4 Å². The molecule has 0 spiro atoms. The summed E-state index contributed by atoms with van der Waals surface area (Å²) < 4.78 is 26.5. The number of halogens is 2. The van der Waals surface area contributed by atoms with Crippen molar-refractivity contribution in [3.8, 4) is 23.7 Å². The number of hydrogen-bond acceptors (Lipinski definition) is 5. The maximum absolute atomic E-state index is 13.3. The first kappa shape index (κ1) is 21.5. The van der Waals surface area contributed by atoms with Gasteiger partial charge in [0, 0.05) is 11.1 Å². The average molecular weight is 401 g/mol. The summed E-state index contributed by atoms with van der Waals surface area (Å²) >= 11 is 0. The van der Waals surface area contributed by atoms with Crippen molar-refractivity contribution in [3.63, 3.8) is 0 Å². The van der Waals surface area contributed by atoms with Crippen molar-refractivity contribution in [1.82, 2.24) is 26.2 Å². The van der Waals surface area contributed by atoms with Crippen LogP contribution >= 0.6 is 0 Å².